The first-order valence-electron chi connectivity index (χ1n) is 10.6. The zero-order valence-electron chi connectivity index (χ0n) is 19.9. The summed E-state index contributed by atoms with van der Waals surface area (Å²) in [6, 6.07) is 2.72. The molecule has 0 spiro atoms. The summed E-state index contributed by atoms with van der Waals surface area (Å²) in [5.41, 5.74) is 0.105. The topological polar surface area (TPSA) is 108 Å². The first kappa shape index (κ1) is 29.5. The number of nitrogens with one attached hydrogen (secondary N) is 2. The molecule has 0 aromatic carbocycles. The Labute approximate surface area is 230 Å². The smallest absolute Gasteiger partial charge is 0.403 e. The first-order chi connectivity index (χ1) is 16.4. The second-order valence-corrected chi connectivity index (χ2v) is 8.34. The number of amides is 2. The number of aliphatic imine (C=N–C) groups is 1. The molecular weight excluding hydrogens is 703 g/mol. The molecule has 1 fully saturated rings. The molecule has 1 saturated heterocycles. The van der Waals surface area contributed by atoms with E-state index in [0.29, 0.717) is 18.8 Å². The minimum atomic E-state index is -4.40. The molecule has 190 valence electrons. The van der Waals surface area contributed by atoms with Gasteiger partial charge in [0.15, 0.2) is 5.82 Å². The normalized spacial score (nSPS) is 15.9. The Morgan fingerprint density at radius 2 is 2.11 bits per heavy atom. The fourth-order valence-corrected chi connectivity index (χ4v) is 3.54. The van der Waals surface area contributed by atoms with Gasteiger partial charge in [-0.2, -0.15) is 18.3 Å². The number of nitrogens with zero attached hydrogens (tertiary/aromatic N) is 6. The molecular formula is C22H25F3N8O2U. The van der Waals surface area contributed by atoms with E-state index in [1.54, 1.807) is 13.2 Å². The molecule has 2 amide bonds. The van der Waals surface area contributed by atoms with Crippen LogP contribution in [0.4, 0.5) is 30.5 Å². The number of aryl methyl sites for hydroxylation is 1. The Kier molecular flexibility index (Phi) is 10.3. The molecule has 0 aliphatic carbocycles. The van der Waals surface area contributed by atoms with Gasteiger partial charge in [-0.05, 0) is 32.4 Å². The molecule has 2 N–H and O–H groups in total. The second kappa shape index (κ2) is 12.5. The maximum atomic E-state index is 12.6. The number of anilines is 3. The number of hydrogen-bond donors (Lipinski definition) is 2. The van der Waals surface area contributed by atoms with Gasteiger partial charge >= 0.3 is 37.3 Å². The number of aromatic nitrogens is 3. The molecule has 0 bridgehead atoms. The van der Waals surface area contributed by atoms with Crippen molar-refractivity contribution in [2.24, 2.45) is 18.0 Å². The second-order valence-electron chi connectivity index (χ2n) is 8.34. The molecule has 36 heavy (non-hydrogen) atoms. The van der Waals surface area contributed by atoms with Crippen LogP contribution in [0.25, 0.3) is 0 Å². The summed E-state index contributed by atoms with van der Waals surface area (Å²) in [6.45, 7) is 5.72. The maximum absolute atomic E-state index is 12.6. The van der Waals surface area contributed by atoms with E-state index in [1.807, 2.05) is 19.0 Å². The summed E-state index contributed by atoms with van der Waals surface area (Å²) >= 11 is 0. The van der Waals surface area contributed by atoms with Gasteiger partial charge in [0.2, 0.25) is 5.91 Å². The van der Waals surface area contributed by atoms with Crippen LogP contribution < -0.4 is 15.5 Å². The monoisotopic (exact) mass is 728 g/mol. The summed E-state index contributed by atoms with van der Waals surface area (Å²) in [6.07, 6.45) is 1.30. The van der Waals surface area contributed by atoms with Crippen molar-refractivity contribution < 1.29 is 53.9 Å². The third-order valence-electron chi connectivity index (χ3n) is 4.91. The van der Waals surface area contributed by atoms with Crippen LogP contribution in [-0.2, 0) is 16.6 Å². The van der Waals surface area contributed by atoms with Gasteiger partial charge in [0.1, 0.15) is 6.54 Å². The van der Waals surface area contributed by atoms with Crippen LogP contribution in [0, 0.1) is 43.6 Å². The van der Waals surface area contributed by atoms with Crippen LogP contribution in [0.1, 0.15) is 12.0 Å². The van der Waals surface area contributed by atoms with E-state index in [1.165, 1.54) is 27.9 Å². The fourth-order valence-electron chi connectivity index (χ4n) is 3.54. The van der Waals surface area contributed by atoms with E-state index in [4.69, 9.17) is 6.58 Å². The van der Waals surface area contributed by atoms with Crippen LogP contribution in [0.3, 0.4) is 0 Å². The number of carbonyl (C=O) groups excluding carboxylic acids is 2. The van der Waals surface area contributed by atoms with E-state index in [-0.39, 0.29) is 60.0 Å². The van der Waals surface area contributed by atoms with Crippen molar-refractivity contribution in [3.63, 3.8) is 0 Å². The summed E-state index contributed by atoms with van der Waals surface area (Å²) in [7, 11) is 5.52. The molecule has 0 radical (unpaired) electrons. The zero-order chi connectivity index (χ0) is 25.8. The summed E-state index contributed by atoms with van der Waals surface area (Å²) < 4.78 is 38.6. The predicted octanol–water partition coefficient (Wildman–Crippen LogP) is 1.96. The zero-order valence-corrected chi connectivity index (χ0v) is 24.1. The van der Waals surface area contributed by atoms with Gasteiger partial charge in [0.25, 0.3) is 0 Å². The molecule has 1 atom stereocenters. The first-order valence-corrected chi connectivity index (χ1v) is 10.6. The van der Waals surface area contributed by atoms with Gasteiger partial charge in [-0.15, -0.1) is 17.3 Å². The molecule has 2 aromatic heterocycles. The quantitative estimate of drug-likeness (QED) is 0.233. The minimum absolute atomic E-state index is 0. The van der Waals surface area contributed by atoms with Gasteiger partial charge in [-0.25, -0.2) is 0 Å². The summed E-state index contributed by atoms with van der Waals surface area (Å²) in [5, 5.41) is 9.05. The van der Waals surface area contributed by atoms with Crippen LogP contribution >= 0.6 is 0 Å². The number of pyridine rings is 1. The van der Waals surface area contributed by atoms with Gasteiger partial charge in [0.05, 0.1) is 17.4 Å². The molecule has 3 rings (SSSR count). The minimum Gasteiger partial charge on any atom is -0.403 e. The van der Waals surface area contributed by atoms with Crippen molar-refractivity contribution in [3.05, 3.63) is 42.4 Å². The van der Waals surface area contributed by atoms with Gasteiger partial charge < -0.3 is 31.9 Å². The van der Waals surface area contributed by atoms with E-state index < -0.39 is 24.3 Å². The predicted molar refractivity (Wildman–Crippen MR) is 124 cm³/mol. The van der Waals surface area contributed by atoms with E-state index in [0.717, 1.165) is 6.54 Å². The number of carbonyl (C=O) groups is 2. The number of alkyl halides is 3. The largest absolute Gasteiger partial charge is 2.00 e. The van der Waals surface area contributed by atoms with Crippen LogP contribution in [0.5, 0.6) is 0 Å². The SMILES string of the molecule is [CH-]=C(N=[C-]c1ccnc(NCC(F)(F)F)c1)C(=O)Nc1cn(C)nc1N1CC(CN(C)C)CC1=O.[U+2]. The Hall–Kier alpha value is -2.69. The van der Waals surface area contributed by atoms with E-state index in [2.05, 4.69) is 31.9 Å². The van der Waals surface area contributed by atoms with Gasteiger partial charge in [-0.3, -0.25) is 19.4 Å². The third kappa shape index (κ3) is 8.46. The number of halogens is 3. The summed E-state index contributed by atoms with van der Waals surface area (Å²) in [4.78, 5) is 36.2. The average molecular weight is 729 g/mol. The summed E-state index contributed by atoms with van der Waals surface area (Å²) in [5.74, 6) is -0.444. The number of rotatable bonds is 9. The van der Waals surface area contributed by atoms with Crippen LogP contribution in [0.2, 0.25) is 0 Å². The van der Waals surface area contributed by atoms with Crippen molar-refractivity contribution in [2.75, 3.05) is 49.3 Å². The fraction of sp³-hybridized carbons (Fsp3) is 0.409. The molecule has 3 heterocycles. The van der Waals surface area contributed by atoms with Crippen molar-refractivity contribution in [1.29, 1.82) is 0 Å². The standard InChI is InChI=1S/C22H25F3N8O2.U/c1-14(27-9-15-5-6-26-18(7-15)28-13-22(23,24)25)21(35)29-17-12-32(4)30-20(17)33-11-16(8-19(33)34)10-31(2)3;/h1,5-7,12,16H,8,10-11,13H2,2-4H3,(H,26,28)(H,29,35);/q-2;+2. The van der Waals surface area contributed by atoms with Gasteiger partial charge in [0, 0.05) is 32.8 Å². The van der Waals surface area contributed by atoms with Gasteiger partial charge in [-0.1, -0.05) is 6.07 Å². The van der Waals surface area contributed by atoms with Crippen molar-refractivity contribution in [2.45, 2.75) is 12.6 Å². The maximum Gasteiger partial charge on any atom is 2.00 e. The molecule has 1 aliphatic rings. The number of hydrogen-bond acceptors (Lipinski definition) is 7. The molecule has 10 nitrogen and oxygen atoms in total. The van der Waals surface area contributed by atoms with Crippen molar-refractivity contribution in [3.8, 4) is 0 Å². The molecule has 1 aliphatic heterocycles. The molecule has 1 unspecified atom stereocenters. The molecule has 14 heteroatoms. The average Bonchev–Trinajstić information content (AvgIpc) is 3.30. The Morgan fingerprint density at radius 3 is 2.78 bits per heavy atom. The van der Waals surface area contributed by atoms with E-state index in [9.17, 15) is 22.8 Å². The Balaban J connectivity index is 0.00000456. The Bertz CT molecular complexity index is 1130. The van der Waals surface area contributed by atoms with E-state index >= 15 is 0 Å². The van der Waals surface area contributed by atoms with Crippen LogP contribution in [-0.4, -0.2) is 77.6 Å². The van der Waals surface area contributed by atoms with Crippen LogP contribution in [0.15, 0.2) is 35.2 Å². The molecule has 0 saturated carbocycles. The van der Waals surface area contributed by atoms with Crippen molar-refractivity contribution in [1.82, 2.24) is 19.7 Å². The Morgan fingerprint density at radius 1 is 1.39 bits per heavy atom. The molecule has 2 aromatic rings. The van der Waals surface area contributed by atoms with Crippen molar-refractivity contribution >= 4 is 35.4 Å². The third-order valence-corrected chi connectivity index (χ3v) is 4.91.